The zero-order valence-corrected chi connectivity index (χ0v) is 21.2. The van der Waals surface area contributed by atoms with E-state index in [1.54, 1.807) is 24.3 Å². The molecule has 4 aromatic carbocycles. The van der Waals surface area contributed by atoms with Crippen LogP contribution in [0.15, 0.2) is 120 Å². The average molecular weight is 501 g/mol. The van der Waals surface area contributed by atoms with E-state index >= 15 is 0 Å². The van der Waals surface area contributed by atoms with Crippen molar-refractivity contribution in [2.75, 3.05) is 6.54 Å². The fourth-order valence-electron chi connectivity index (χ4n) is 5.05. The molecular weight excluding hydrogens is 473 g/mol. The molecule has 1 fully saturated rings. The lowest BCUT2D eigenvalue weighted by atomic mass is 10.2. The predicted octanol–water partition coefficient (Wildman–Crippen LogP) is 4.28. The third-order valence-corrected chi connectivity index (χ3v) is 13.3. The van der Waals surface area contributed by atoms with Crippen molar-refractivity contribution in [1.82, 2.24) is 4.31 Å². The molecule has 1 atom stereocenters. The Kier molecular flexibility index (Phi) is 6.31. The summed E-state index contributed by atoms with van der Waals surface area (Å²) in [6.07, 6.45) is 0.469. The van der Waals surface area contributed by atoms with Crippen molar-refractivity contribution >= 4 is 39.1 Å². The van der Waals surface area contributed by atoms with Crippen LogP contribution in [0.2, 0.25) is 0 Å². The molecule has 1 amide bonds. The molecule has 0 aromatic heterocycles. The van der Waals surface area contributed by atoms with Gasteiger partial charge in [-0.2, -0.15) is 0 Å². The largest absolute Gasteiger partial charge is 0.278 e. The van der Waals surface area contributed by atoms with Crippen LogP contribution in [-0.4, -0.2) is 30.8 Å². The van der Waals surface area contributed by atoms with Crippen LogP contribution in [0, 0.1) is 6.92 Å². The van der Waals surface area contributed by atoms with Gasteiger partial charge in [0, 0.05) is 13.0 Å². The van der Waals surface area contributed by atoms with Gasteiger partial charge in [0.1, 0.15) is 23.2 Å². The molecule has 0 radical (unpaired) electrons. The zero-order valence-electron chi connectivity index (χ0n) is 19.5. The highest BCUT2D eigenvalue weighted by Crippen LogP contribution is 2.62. The summed E-state index contributed by atoms with van der Waals surface area (Å²) in [5, 5.41) is 3.22. The van der Waals surface area contributed by atoms with Crippen LogP contribution in [-0.2, 0) is 14.8 Å². The first-order valence-corrected chi connectivity index (χ1v) is 14.9. The highest BCUT2D eigenvalue weighted by Gasteiger charge is 2.60. The minimum atomic E-state index is -3.94. The molecule has 0 N–H and O–H groups in total. The molecule has 4 nitrogen and oxygen atoms in total. The molecule has 5 rings (SSSR count). The van der Waals surface area contributed by atoms with Crippen LogP contribution < -0.4 is 15.9 Å². The number of benzene rings is 4. The minimum Gasteiger partial charge on any atom is -0.269 e. The van der Waals surface area contributed by atoms with E-state index in [1.807, 2.05) is 61.5 Å². The quantitative estimate of drug-likeness (QED) is 0.372. The predicted molar refractivity (Wildman–Crippen MR) is 144 cm³/mol. The van der Waals surface area contributed by atoms with Gasteiger partial charge >= 0.3 is 0 Å². The molecule has 0 bridgehead atoms. The van der Waals surface area contributed by atoms with E-state index < -0.39 is 22.9 Å². The van der Waals surface area contributed by atoms with Crippen LogP contribution in [0.4, 0.5) is 0 Å². The van der Waals surface area contributed by atoms with Gasteiger partial charge in [0.15, 0.2) is 5.66 Å². The van der Waals surface area contributed by atoms with Crippen LogP contribution in [0.5, 0.6) is 0 Å². The fraction of sp³-hybridized carbons (Fsp3) is 0.138. The second-order valence-electron chi connectivity index (χ2n) is 8.76. The molecule has 0 spiro atoms. The van der Waals surface area contributed by atoms with E-state index in [-0.39, 0.29) is 17.3 Å². The summed E-state index contributed by atoms with van der Waals surface area (Å²) < 4.78 is 28.2. The number of hydrogen-bond donors (Lipinski definition) is 0. The molecule has 4 aromatic rings. The summed E-state index contributed by atoms with van der Waals surface area (Å²) >= 11 is 0. The van der Waals surface area contributed by atoms with E-state index in [1.165, 1.54) is 0 Å². The first-order chi connectivity index (χ1) is 17.0. The molecule has 1 aliphatic rings. The third-order valence-electron chi connectivity index (χ3n) is 6.70. The van der Waals surface area contributed by atoms with Crippen molar-refractivity contribution in [3.8, 4) is 0 Å². The van der Waals surface area contributed by atoms with Crippen molar-refractivity contribution < 1.29 is 13.2 Å². The first-order valence-electron chi connectivity index (χ1n) is 11.6. The van der Waals surface area contributed by atoms with Crippen molar-refractivity contribution in [1.29, 1.82) is 0 Å². The topological polar surface area (TPSA) is 54.5 Å². The Balaban J connectivity index is 1.70. The highest BCUT2D eigenvalue weighted by molar-refractivity contribution is 7.97. The molecule has 176 valence electrons. The van der Waals surface area contributed by atoms with Gasteiger partial charge in [-0.1, -0.05) is 72.3 Å². The number of rotatable bonds is 6. The van der Waals surface area contributed by atoms with Gasteiger partial charge in [-0.05, 0) is 55.5 Å². The molecular formula is C29H27NO3PS+. The molecule has 1 aliphatic heterocycles. The third kappa shape index (κ3) is 3.99. The first kappa shape index (κ1) is 23.5. The normalized spacial score (nSPS) is 16.4. The van der Waals surface area contributed by atoms with Gasteiger partial charge in [-0.15, -0.1) is 0 Å². The van der Waals surface area contributed by atoms with Crippen LogP contribution in [0.1, 0.15) is 12.0 Å². The van der Waals surface area contributed by atoms with Crippen molar-refractivity contribution in [2.45, 2.75) is 23.9 Å². The SMILES string of the molecule is Cc1ccc(S(=O)(=O)N2CCC([P+](c3ccccc3)(c3ccccc3)c3ccccc3)C2=O)cc1. The molecule has 6 heteroatoms. The molecule has 0 saturated carbocycles. The van der Waals surface area contributed by atoms with Gasteiger partial charge in [0.2, 0.25) is 0 Å². The maximum absolute atomic E-state index is 14.1. The van der Waals surface area contributed by atoms with Crippen molar-refractivity contribution in [2.24, 2.45) is 0 Å². The summed E-state index contributed by atoms with van der Waals surface area (Å²) in [6.45, 7) is 2.08. The van der Waals surface area contributed by atoms with E-state index in [0.29, 0.717) is 6.42 Å². The maximum Gasteiger partial charge on any atom is 0.278 e. The Morgan fingerprint density at radius 2 is 1.11 bits per heavy atom. The fourth-order valence-corrected chi connectivity index (χ4v) is 11.4. The molecule has 1 unspecified atom stereocenters. The van der Waals surface area contributed by atoms with Gasteiger partial charge in [-0.25, -0.2) is 12.7 Å². The smallest absolute Gasteiger partial charge is 0.269 e. The van der Waals surface area contributed by atoms with Crippen LogP contribution in [0.3, 0.4) is 0 Å². The lowest BCUT2D eigenvalue weighted by Gasteiger charge is -2.31. The second kappa shape index (κ2) is 9.41. The number of aryl methyl sites for hydroxylation is 1. The van der Waals surface area contributed by atoms with Crippen LogP contribution >= 0.6 is 7.26 Å². The highest BCUT2D eigenvalue weighted by atomic mass is 32.2. The van der Waals surface area contributed by atoms with Crippen LogP contribution in [0.25, 0.3) is 0 Å². The number of sulfonamides is 1. The monoisotopic (exact) mass is 500 g/mol. The Morgan fingerprint density at radius 3 is 1.54 bits per heavy atom. The van der Waals surface area contributed by atoms with Crippen molar-refractivity contribution in [3.63, 3.8) is 0 Å². The van der Waals surface area contributed by atoms with Gasteiger partial charge in [0.05, 0.1) is 4.90 Å². The van der Waals surface area contributed by atoms with E-state index in [0.717, 1.165) is 25.8 Å². The van der Waals surface area contributed by atoms with Gasteiger partial charge in [0.25, 0.3) is 15.9 Å². The van der Waals surface area contributed by atoms with Crippen molar-refractivity contribution in [3.05, 3.63) is 121 Å². The van der Waals surface area contributed by atoms with E-state index in [2.05, 4.69) is 36.4 Å². The molecule has 35 heavy (non-hydrogen) atoms. The number of amides is 1. The number of hydrogen-bond acceptors (Lipinski definition) is 3. The number of carbonyl (C=O) groups excluding carboxylic acids is 1. The zero-order chi connectivity index (χ0) is 24.5. The average Bonchev–Trinajstić information content (AvgIpc) is 3.29. The summed E-state index contributed by atoms with van der Waals surface area (Å²) in [5.41, 5.74) is 0.492. The molecule has 1 heterocycles. The Hall–Kier alpha value is -3.27. The standard InChI is InChI=1S/C29H27NO3PS/c1-23-17-19-27(20-18-23)35(32,33)30-22-21-28(29(30)31)34(24-11-5-2-6-12-24,25-13-7-3-8-14-25)26-15-9-4-10-16-26/h2-20,28H,21-22H2,1H3/q+1. The summed E-state index contributed by atoms with van der Waals surface area (Å²) in [4.78, 5) is 14.3. The van der Waals surface area contributed by atoms with Gasteiger partial charge in [-0.3, -0.25) is 4.79 Å². The Morgan fingerprint density at radius 1 is 0.686 bits per heavy atom. The van der Waals surface area contributed by atoms with E-state index in [9.17, 15) is 13.2 Å². The van der Waals surface area contributed by atoms with Gasteiger partial charge < -0.3 is 0 Å². The lowest BCUT2D eigenvalue weighted by molar-refractivity contribution is -0.123. The second-order valence-corrected chi connectivity index (χ2v) is 14.2. The number of nitrogens with zero attached hydrogens (tertiary/aromatic N) is 1. The molecule has 0 aliphatic carbocycles. The number of carbonyl (C=O) groups is 1. The summed E-state index contributed by atoms with van der Waals surface area (Å²) in [5.74, 6) is -0.324. The Labute approximate surface area is 207 Å². The summed E-state index contributed by atoms with van der Waals surface area (Å²) in [6, 6.07) is 37.1. The Bertz CT molecular complexity index is 1330. The maximum atomic E-state index is 14.1. The van der Waals surface area contributed by atoms with E-state index in [4.69, 9.17) is 0 Å². The minimum absolute atomic E-state index is 0.153. The lowest BCUT2D eigenvalue weighted by Crippen LogP contribution is -2.43. The summed E-state index contributed by atoms with van der Waals surface area (Å²) in [7, 11) is -6.46. The molecule has 1 saturated heterocycles.